The van der Waals surface area contributed by atoms with Crippen molar-refractivity contribution in [2.75, 3.05) is 17.6 Å². The van der Waals surface area contributed by atoms with Crippen LogP contribution in [0.3, 0.4) is 0 Å². The highest BCUT2D eigenvalue weighted by Gasteiger charge is 2.20. The summed E-state index contributed by atoms with van der Waals surface area (Å²) in [7, 11) is 0. The average molecular weight is 282 g/mol. The van der Waals surface area contributed by atoms with Gasteiger partial charge in [-0.25, -0.2) is 4.79 Å². The van der Waals surface area contributed by atoms with Gasteiger partial charge in [0.05, 0.1) is 4.92 Å². The van der Waals surface area contributed by atoms with Crippen LogP contribution in [-0.4, -0.2) is 33.5 Å². The van der Waals surface area contributed by atoms with Gasteiger partial charge in [-0.15, -0.1) is 0 Å². The number of carboxylic acids is 1. The Morgan fingerprint density at radius 2 is 2.37 bits per heavy atom. The van der Waals surface area contributed by atoms with Crippen molar-refractivity contribution in [3.05, 3.63) is 33.9 Å². The van der Waals surface area contributed by atoms with Gasteiger partial charge in [0, 0.05) is 23.5 Å². The first-order chi connectivity index (χ1) is 9.08. The van der Waals surface area contributed by atoms with Crippen molar-refractivity contribution in [2.24, 2.45) is 0 Å². The number of nitrogens with zero attached hydrogens (tertiary/aromatic N) is 1. The monoisotopic (exact) mass is 282 g/mol. The van der Waals surface area contributed by atoms with Gasteiger partial charge in [-0.05, 0) is 30.7 Å². The van der Waals surface area contributed by atoms with Crippen molar-refractivity contribution in [1.82, 2.24) is 0 Å². The van der Waals surface area contributed by atoms with Crippen LogP contribution < -0.4 is 5.32 Å². The highest BCUT2D eigenvalue weighted by atomic mass is 32.2. The number of carbonyl (C=O) groups is 1. The first kappa shape index (κ1) is 13.7. The van der Waals surface area contributed by atoms with E-state index >= 15 is 0 Å². The lowest BCUT2D eigenvalue weighted by atomic mass is 10.1. The second-order valence-electron chi connectivity index (χ2n) is 4.31. The summed E-state index contributed by atoms with van der Waals surface area (Å²) in [6.07, 6.45) is 2.35. The predicted octanol–water partition coefficient (Wildman–Crippen LogP) is 2.60. The molecule has 0 saturated carbocycles. The molecule has 0 radical (unpaired) electrons. The van der Waals surface area contributed by atoms with E-state index in [1.54, 1.807) is 6.07 Å². The highest BCUT2D eigenvalue weighted by Crippen LogP contribution is 2.27. The SMILES string of the molecule is O=C(O)c1ccc(NCC2CCCS2)cc1[N+](=O)[O-]. The van der Waals surface area contributed by atoms with E-state index in [4.69, 9.17) is 5.11 Å². The molecule has 1 aromatic rings. The van der Waals surface area contributed by atoms with Crippen molar-refractivity contribution in [1.29, 1.82) is 0 Å². The number of benzene rings is 1. The van der Waals surface area contributed by atoms with Gasteiger partial charge in [0.15, 0.2) is 0 Å². The first-order valence-electron chi connectivity index (χ1n) is 5.95. The number of hydrogen-bond donors (Lipinski definition) is 2. The molecule has 7 heteroatoms. The molecule has 2 rings (SSSR count). The van der Waals surface area contributed by atoms with Crippen LogP contribution in [-0.2, 0) is 0 Å². The number of carboxylic acid groups (broad SMARTS) is 1. The predicted molar refractivity (Wildman–Crippen MR) is 74.0 cm³/mol. The number of nitro benzene ring substituents is 1. The van der Waals surface area contributed by atoms with E-state index in [0.29, 0.717) is 10.9 Å². The zero-order chi connectivity index (χ0) is 13.8. The summed E-state index contributed by atoms with van der Waals surface area (Å²) in [5.74, 6) is -0.130. The molecule has 1 unspecified atom stereocenters. The highest BCUT2D eigenvalue weighted by molar-refractivity contribution is 8.00. The summed E-state index contributed by atoms with van der Waals surface area (Å²) < 4.78 is 0. The van der Waals surface area contributed by atoms with Gasteiger partial charge in [-0.2, -0.15) is 11.8 Å². The summed E-state index contributed by atoms with van der Waals surface area (Å²) in [5.41, 5.74) is -0.0773. The van der Waals surface area contributed by atoms with Crippen molar-refractivity contribution in [3.63, 3.8) is 0 Å². The van der Waals surface area contributed by atoms with Crippen molar-refractivity contribution in [3.8, 4) is 0 Å². The summed E-state index contributed by atoms with van der Waals surface area (Å²) in [6.45, 7) is 0.744. The zero-order valence-corrected chi connectivity index (χ0v) is 11.0. The molecule has 1 aliphatic rings. The standard InChI is InChI=1S/C12H14N2O4S/c15-12(16)10-4-3-8(6-11(10)14(17)18)13-7-9-2-1-5-19-9/h3-4,6,9,13H,1-2,5,7H2,(H,15,16). The second-order valence-corrected chi connectivity index (χ2v) is 5.72. The molecular formula is C12H14N2O4S. The summed E-state index contributed by atoms with van der Waals surface area (Å²) in [5, 5.41) is 23.4. The van der Waals surface area contributed by atoms with Gasteiger partial charge < -0.3 is 10.4 Å². The fourth-order valence-electron chi connectivity index (χ4n) is 2.01. The Morgan fingerprint density at radius 1 is 1.58 bits per heavy atom. The molecule has 1 saturated heterocycles. The van der Waals surface area contributed by atoms with E-state index < -0.39 is 10.9 Å². The quantitative estimate of drug-likeness (QED) is 0.637. The number of aromatic carboxylic acids is 1. The van der Waals surface area contributed by atoms with Crippen LogP contribution in [0.15, 0.2) is 18.2 Å². The molecular weight excluding hydrogens is 268 g/mol. The van der Waals surface area contributed by atoms with Crippen LogP contribution in [0.1, 0.15) is 23.2 Å². The van der Waals surface area contributed by atoms with E-state index in [2.05, 4.69) is 5.32 Å². The Labute approximate surface area is 114 Å². The lowest BCUT2D eigenvalue weighted by Crippen LogP contribution is -2.14. The average Bonchev–Trinajstić information content (AvgIpc) is 2.88. The summed E-state index contributed by atoms with van der Waals surface area (Å²) in [6, 6.07) is 4.11. The van der Waals surface area contributed by atoms with Crippen molar-refractivity contribution in [2.45, 2.75) is 18.1 Å². The maximum absolute atomic E-state index is 10.9. The molecule has 1 aromatic carbocycles. The molecule has 1 atom stereocenters. The molecule has 6 nitrogen and oxygen atoms in total. The third-order valence-corrected chi connectivity index (χ3v) is 4.38. The van der Waals surface area contributed by atoms with Gasteiger partial charge >= 0.3 is 5.97 Å². The van der Waals surface area contributed by atoms with Gasteiger partial charge in [0.25, 0.3) is 5.69 Å². The summed E-state index contributed by atoms with van der Waals surface area (Å²) in [4.78, 5) is 21.1. The number of thioether (sulfide) groups is 1. The third-order valence-electron chi connectivity index (χ3n) is 2.98. The van der Waals surface area contributed by atoms with Crippen LogP contribution in [0.5, 0.6) is 0 Å². The van der Waals surface area contributed by atoms with Gasteiger partial charge in [-0.3, -0.25) is 10.1 Å². The molecule has 2 N–H and O–H groups in total. The van der Waals surface area contributed by atoms with Gasteiger partial charge in [0.2, 0.25) is 0 Å². The van der Waals surface area contributed by atoms with Crippen LogP contribution >= 0.6 is 11.8 Å². The van der Waals surface area contributed by atoms with Crippen LogP contribution in [0.4, 0.5) is 11.4 Å². The van der Waals surface area contributed by atoms with E-state index in [9.17, 15) is 14.9 Å². The minimum atomic E-state index is -1.29. The molecule has 0 aromatic heterocycles. The largest absolute Gasteiger partial charge is 0.477 e. The molecule has 19 heavy (non-hydrogen) atoms. The number of nitrogens with one attached hydrogen (secondary N) is 1. The van der Waals surface area contributed by atoms with E-state index in [1.807, 2.05) is 11.8 Å². The fraction of sp³-hybridized carbons (Fsp3) is 0.417. The molecule has 0 aliphatic carbocycles. The number of anilines is 1. The fourth-order valence-corrected chi connectivity index (χ4v) is 3.21. The molecule has 1 heterocycles. The normalized spacial score (nSPS) is 18.2. The smallest absolute Gasteiger partial charge is 0.342 e. The van der Waals surface area contributed by atoms with Gasteiger partial charge in [0.1, 0.15) is 5.56 Å². The molecule has 1 fully saturated rings. The topological polar surface area (TPSA) is 92.5 Å². The van der Waals surface area contributed by atoms with E-state index in [1.165, 1.54) is 18.6 Å². The summed E-state index contributed by atoms with van der Waals surface area (Å²) >= 11 is 1.89. The maximum Gasteiger partial charge on any atom is 0.342 e. The Morgan fingerprint density at radius 3 is 2.95 bits per heavy atom. The molecule has 102 valence electrons. The van der Waals surface area contributed by atoms with Crippen LogP contribution in [0.2, 0.25) is 0 Å². The molecule has 1 aliphatic heterocycles. The maximum atomic E-state index is 10.9. The lowest BCUT2D eigenvalue weighted by molar-refractivity contribution is -0.385. The zero-order valence-electron chi connectivity index (χ0n) is 10.2. The van der Waals surface area contributed by atoms with Crippen LogP contribution in [0, 0.1) is 10.1 Å². The number of hydrogen-bond acceptors (Lipinski definition) is 5. The van der Waals surface area contributed by atoms with E-state index in [-0.39, 0.29) is 11.3 Å². The Bertz CT molecular complexity index is 501. The molecule has 0 spiro atoms. The Balaban J connectivity index is 2.11. The third kappa shape index (κ3) is 3.37. The lowest BCUT2D eigenvalue weighted by Gasteiger charge is -2.11. The Kier molecular flexibility index (Phi) is 4.26. The number of nitro groups is 1. The molecule has 0 amide bonds. The Hall–Kier alpha value is -1.76. The second kappa shape index (κ2) is 5.92. The van der Waals surface area contributed by atoms with Crippen molar-refractivity contribution < 1.29 is 14.8 Å². The van der Waals surface area contributed by atoms with Crippen molar-refractivity contribution >= 4 is 29.1 Å². The van der Waals surface area contributed by atoms with E-state index in [0.717, 1.165) is 18.7 Å². The molecule has 0 bridgehead atoms. The minimum Gasteiger partial charge on any atom is -0.477 e. The van der Waals surface area contributed by atoms with Gasteiger partial charge in [-0.1, -0.05) is 0 Å². The minimum absolute atomic E-state index is 0.286. The number of rotatable bonds is 5. The van der Waals surface area contributed by atoms with Crippen LogP contribution in [0.25, 0.3) is 0 Å². The first-order valence-corrected chi connectivity index (χ1v) is 7.00.